The van der Waals surface area contributed by atoms with E-state index in [0.717, 1.165) is 38.4 Å². The molecule has 3 aromatic carbocycles. The summed E-state index contributed by atoms with van der Waals surface area (Å²) < 4.78 is 19.3. The summed E-state index contributed by atoms with van der Waals surface area (Å²) in [5, 5.41) is 1.71. The minimum atomic E-state index is -3.18. The molecule has 0 bridgehead atoms. The molecular weight excluding hydrogens is 349 g/mol. The molecule has 0 spiro atoms. The van der Waals surface area contributed by atoms with Gasteiger partial charge in [-0.15, -0.1) is 0 Å². The summed E-state index contributed by atoms with van der Waals surface area (Å²) in [7, 11) is -3.18. The number of benzene rings is 3. The second-order valence-corrected chi connectivity index (χ2v) is 9.49. The lowest BCUT2D eigenvalue weighted by Crippen LogP contribution is -2.23. The fraction of sp³-hybridized carbons (Fsp3) is 0.208. The Morgan fingerprint density at radius 3 is 1.48 bits per heavy atom. The van der Waals surface area contributed by atoms with Crippen LogP contribution in [-0.2, 0) is 4.57 Å². The van der Waals surface area contributed by atoms with Crippen LogP contribution in [0.5, 0.6) is 0 Å². The molecule has 3 aromatic rings. The second kappa shape index (κ2) is 7.66. The molecule has 0 aliphatic carbocycles. The maximum atomic E-state index is 14.5. The minimum absolute atomic E-state index is 0.853. The Morgan fingerprint density at radius 1 is 0.667 bits per heavy atom. The van der Waals surface area contributed by atoms with Crippen molar-refractivity contribution >= 4 is 24.1 Å². The molecular formula is C24H26NOP. The van der Waals surface area contributed by atoms with Crippen LogP contribution in [-0.4, -0.2) is 6.21 Å². The highest BCUT2D eigenvalue weighted by Crippen LogP contribution is 2.48. The van der Waals surface area contributed by atoms with Crippen molar-refractivity contribution in [2.45, 2.75) is 34.6 Å². The minimum Gasteiger partial charge on any atom is -0.288 e. The van der Waals surface area contributed by atoms with Gasteiger partial charge in [0.2, 0.25) is 7.29 Å². The third-order valence-electron chi connectivity index (χ3n) is 4.93. The van der Waals surface area contributed by atoms with Gasteiger partial charge >= 0.3 is 0 Å². The number of aryl methyl sites for hydroxylation is 5. The second-order valence-electron chi connectivity index (χ2n) is 7.21. The van der Waals surface area contributed by atoms with Crippen LogP contribution in [0.15, 0.2) is 65.4 Å². The van der Waals surface area contributed by atoms with Crippen molar-refractivity contribution in [1.29, 1.82) is 0 Å². The highest BCUT2D eigenvalue weighted by atomic mass is 31.2. The first-order valence-electron chi connectivity index (χ1n) is 9.19. The van der Waals surface area contributed by atoms with Gasteiger partial charge in [-0.25, -0.2) is 4.76 Å². The van der Waals surface area contributed by atoms with Gasteiger partial charge in [-0.05, 0) is 62.4 Å². The lowest BCUT2D eigenvalue weighted by molar-refractivity contribution is 0.588. The molecule has 0 aliphatic heterocycles. The van der Waals surface area contributed by atoms with Crippen molar-refractivity contribution < 1.29 is 4.57 Å². The summed E-state index contributed by atoms with van der Waals surface area (Å²) in [6, 6.07) is 20.2. The van der Waals surface area contributed by atoms with Crippen molar-refractivity contribution in [3.05, 3.63) is 94.0 Å². The summed E-state index contributed by atoms with van der Waals surface area (Å²) in [6.45, 7) is 10.1. The Hall–Kier alpha value is -2.44. The largest absolute Gasteiger partial charge is 0.288 e. The Morgan fingerprint density at radius 2 is 1.07 bits per heavy atom. The van der Waals surface area contributed by atoms with E-state index in [1.807, 2.05) is 88.4 Å². The summed E-state index contributed by atoms with van der Waals surface area (Å²) in [5.74, 6) is 0. The zero-order valence-corrected chi connectivity index (χ0v) is 17.5. The topological polar surface area (TPSA) is 29.4 Å². The molecule has 0 aromatic heterocycles. The maximum Gasteiger partial charge on any atom is 0.248 e. The molecule has 0 aliphatic rings. The van der Waals surface area contributed by atoms with Crippen LogP contribution in [0.4, 0.5) is 0 Å². The fourth-order valence-corrected chi connectivity index (χ4v) is 6.56. The van der Waals surface area contributed by atoms with Gasteiger partial charge < -0.3 is 0 Å². The first-order valence-corrected chi connectivity index (χ1v) is 10.8. The van der Waals surface area contributed by atoms with Crippen LogP contribution >= 0.6 is 7.29 Å². The van der Waals surface area contributed by atoms with Gasteiger partial charge in [-0.3, -0.25) is 4.57 Å². The molecule has 0 amide bonds. The standard InChI is InChI=1S/C24H26NOP/c1-17-12-14-22(15-13-17)16-25-27(26,23-18(2)8-6-9-19(23)3)24-20(4)10-7-11-21(24)5/h6-16H,1-5H3/b25-16+. The smallest absolute Gasteiger partial charge is 0.248 e. The van der Waals surface area contributed by atoms with Crippen LogP contribution in [0.25, 0.3) is 0 Å². The van der Waals surface area contributed by atoms with Gasteiger partial charge in [-0.2, -0.15) is 0 Å². The normalized spacial score (nSPS) is 11.9. The van der Waals surface area contributed by atoms with Gasteiger partial charge in [-0.1, -0.05) is 66.2 Å². The van der Waals surface area contributed by atoms with Crippen LogP contribution in [0.3, 0.4) is 0 Å². The van der Waals surface area contributed by atoms with Crippen LogP contribution in [0.2, 0.25) is 0 Å². The number of nitrogens with zero attached hydrogens (tertiary/aromatic N) is 1. The van der Waals surface area contributed by atoms with Gasteiger partial charge in [0.05, 0.1) is 0 Å². The molecule has 2 nitrogen and oxygen atoms in total. The Balaban J connectivity index is 2.27. The highest BCUT2D eigenvalue weighted by Gasteiger charge is 2.32. The van der Waals surface area contributed by atoms with Crippen LogP contribution in [0.1, 0.15) is 33.4 Å². The van der Waals surface area contributed by atoms with Crippen molar-refractivity contribution in [2.75, 3.05) is 0 Å². The third kappa shape index (κ3) is 3.82. The van der Waals surface area contributed by atoms with Gasteiger partial charge in [0.1, 0.15) is 0 Å². The van der Waals surface area contributed by atoms with E-state index < -0.39 is 7.29 Å². The molecule has 0 atom stereocenters. The van der Waals surface area contributed by atoms with E-state index in [9.17, 15) is 4.57 Å². The van der Waals surface area contributed by atoms with Crippen LogP contribution < -0.4 is 10.6 Å². The number of hydrogen-bond donors (Lipinski definition) is 0. The number of hydrogen-bond acceptors (Lipinski definition) is 1. The van der Waals surface area contributed by atoms with E-state index in [2.05, 4.69) is 6.92 Å². The summed E-state index contributed by atoms with van der Waals surface area (Å²) >= 11 is 0. The van der Waals surface area contributed by atoms with Crippen LogP contribution in [0, 0.1) is 34.6 Å². The molecule has 27 heavy (non-hydrogen) atoms. The van der Waals surface area contributed by atoms with Crippen molar-refractivity contribution in [3.63, 3.8) is 0 Å². The van der Waals surface area contributed by atoms with Gasteiger partial charge in [0, 0.05) is 16.8 Å². The maximum absolute atomic E-state index is 14.5. The number of rotatable bonds is 4. The predicted octanol–water partition coefficient (Wildman–Crippen LogP) is 5.58. The average Bonchev–Trinajstić information content (AvgIpc) is 2.61. The molecule has 0 saturated carbocycles. The quantitative estimate of drug-likeness (QED) is 0.433. The Kier molecular flexibility index (Phi) is 5.48. The predicted molar refractivity (Wildman–Crippen MR) is 117 cm³/mol. The summed E-state index contributed by atoms with van der Waals surface area (Å²) in [6.07, 6.45) is 1.76. The first kappa shape index (κ1) is 19.3. The van der Waals surface area contributed by atoms with E-state index in [0.29, 0.717) is 0 Å². The first-order chi connectivity index (χ1) is 12.8. The molecule has 0 fully saturated rings. The Labute approximate surface area is 162 Å². The van der Waals surface area contributed by atoms with Crippen molar-refractivity contribution in [2.24, 2.45) is 4.76 Å². The van der Waals surface area contributed by atoms with E-state index in [1.54, 1.807) is 6.21 Å². The molecule has 138 valence electrons. The zero-order chi connectivity index (χ0) is 19.6. The van der Waals surface area contributed by atoms with Gasteiger partial charge in [0.25, 0.3) is 0 Å². The SMILES string of the molecule is Cc1ccc(/C=N/P(=O)(c2c(C)cccc2C)c2c(C)cccc2C)cc1. The highest BCUT2D eigenvalue weighted by molar-refractivity contribution is 7.78. The van der Waals surface area contributed by atoms with Crippen molar-refractivity contribution in [1.82, 2.24) is 0 Å². The molecule has 3 rings (SSSR count). The molecule has 0 saturated heterocycles. The van der Waals surface area contributed by atoms with E-state index in [-0.39, 0.29) is 0 Å². The average molecular weight is 375 g/mol. The lowest BCUT2D eigenvalue weighted by Gasteiger charge is -2.22. The fourth-order valence-electron chi connectivity index (χ4n) is 3.60. The monoisotopic (exact) mass is 375 g/mol. The van der Waals surface area contributed by atoms with E-state index >= 15 is 0 Å². The molecule has 0 radical (unpaired) electrons. The zero-order valence-electron chi connectivity index (χ0n) is 16.7. The molecule has 0 heterocycles. The van der Waals surface area contributed by atoms with Gasteiger partial charge in [0.15, 0.2) is 0 Å². The molecule has 0 N–H and O–H groups in total. The Bertz CT molecular complexity index is 952. The molecule has 0 unspecified atom stereocenters. The summed E-state index contributed by atoms with van der Waals surface area (Å²) in [4.78, 5) is 0. The summed E-state index contributed by atoms with van der Waals surface area (Å²) in [5.41, 5.74) is 6.21. The van der Waals surface area contributed by atoms with E-state index in [1.165, 1.54) is 5.56 Å². The molecule has 3 heteroatoms. The lowest BCUT2D eigenvalue weighted by atomic mass is 10.1. The third-order valence-corrected chi connectivity index (χ3v) is 8.00. The van der Waals surface area contributed by atoms with E-state index in [4.69, 9.17) is 4.76 Å². The van der Waals surface area contributed by atoms with Crippen molar-refractivity contribution in [3.8, 4) is 0 Å².